The van der Waals surface area contributed by atoms with Gasteiger partial charge in [-0.3, -0.25) is 4.79 Å². The maximum atomic E-state index is 13.4. The minimum Gasteiger partial charge on any atom is -0.506 e. The third-order valence-corrected chi connectivity index (χ3v) is 2.72. The summed E-state index contributed by atoms with van der Waals surface area (Å²) in [5, 5.41) is 11.8. The number of carbonyl (C=O) groups excluding carboxylic acids is 1. The molecule has 2 N–H and O–H groups in total. The molecule has 2 aromatic carbocycles. The van der Waals surface area contributed by atoms with E-state index < -0.39 is 23.1 Å². The van der Waals surface area contributed by atoms with Crippen molar-refractivity contribution in [1.82, 2.24) is 0 Å². The average molecular weight is 284 g/mol. The minimum absolute atomic E-state index is 0.120. The highest BCUT2D eigenvalue weighted by molar-refractivity contribution is 6.32. The van der Waals surface area contributed by atoms with E-state index in [4.69, 9.17) is 11.6 Å². The molecule has 3 nitrogen and oxygen atoms in total. The summed E-state index contributed by atoms with van der Waals surface area (Å²) in [5.41, 5.74) is -0.204. The molecule has 0 spiro atoms. The summed E-state index contributed by atoms with van der Waals surface area (Å²) in [7, 11) is 0. The van der Waals surface area contributed by atoms with Crippen molar-refractivity contribution in [2.75, 3.05) is 5.32 Å². The predicted molar refractivity (Wildman–Crippen MR) is 67.4 cm³/mol. The Bertz CT molecular complexity index is 647. The Hall–Kier alpha value is -2.14. The van der Waals surface area contributed by atoms with Gasteiger partial charge in [0, 0.05) is 11.8 Å². The van der Waals surface area contributed by atoms with Gasteiger partial charge in [0.2, 0.25) is 0 Å². The zero-order chi connectivity index (χ0) is 14.0. The molecule has 0 bridgehead atoms. The zero-order valence-electron chi connectivity index (χ0n) is 9.45. The van der Waals surface area contributed by atoms with Crippen molar-refractivity contribution in [3.63, 3.8) is 0 Å². The molecule has 2 aromatic rings. The molecule has 19 heavy (non-hydrogen) atoms. The van der Waals surface area contributed by atoms with Gasteiger partial charge in [-0.05, 0) is 24.3 Å². The maximum absolute atomic E-state index is 13.4. The van der Waals surface area contributed by atoms with Crippen LogP contribution < -0.4 is 5.32 Å². The highest BCUT2D eigenvalue weighted by Gasteiger charge is 2.15. The quantitative estimate of drug-likeness (QED) is 0.885. The lowest BCUT2D eigenvalue weighted by Gasteiger charge is -2.07. The lowest BCUT2D eigenvalue weighted by atomic mass is 10.2. The molecule has 0 aliphatic heterocycles. The van der Waals surface area contributed by atoms with E-state index >= 15 is 0 Å². The number of phenols is 1. The van der Waals surface area contributed by atoms with Gasteiger partial charge in [0.15, 0.2) is 11.6 Å². The fraction of sp³-hybridized carbons (Fsp3) is 0. The third kappa shape index (κ3) is 2.82. The number of halogens is 3. The summed E-state index contributed by atoms with van der Waals surface area (Å²) >= 11 is 5.61. The number of hydrogen-bond acceptors (Lipinski definition) is 2. The van der Waals surface area contributed by atoms with Crippen LogP contribution in [0.25, 0.3) is 0 Å². The first-order chi connectivity index (χ1) is 8.99. The molecule has 2 rings (SSSR count). The van der Waals surface area contributed by atoms with Crippen LogP contribution in [-0.4, -0.2) is 11.0 Å². The van der Waals surface area contributed by atoms with E-state index in [0.717, 1.165) is 12.1 Å². The SMILES string of the molecule is O=C(Nc1ccc(Cl)c(O)c1)c1cccc(F)c1F. The summed E-state index contributed by atoms with van der Waals surface area (Å²) in [4.78, 5) is 11.8. The molecule has 0 fully saturated rings. The first kappa shape index (κ1) is 13.3. The van der Waals surface area contributed by atoms with Crippen LogP contribution in [0.1, 0.15) is 10.4 Å². The first-order valence-corrected chi connectivity index (χ1v) is 5.60. The molecule has 0 aliphatic carbocycles. The molecule has 0 unspecified atom stereocenters. The van der Waals surface area contributed by atoms with Gasteiger partial charge in [0.1, 0.15) is 5.75 Å². The molecule has 0 radical (unpaired) electrons. The van der Waals surface area contributed by atoms with Crippen molar-refractivity contribution >= 4 is 23.2 Å². The Morgan fingerprint density at radius 1 is 1.21 bits per heavy atom. The highest BCUT2D eigenvalue weighted by atomic mass is 35.5. The smallest absolute Gasteiger partial charge is 0.258 e. The van der Waals surface area contributed by atoms with Gasteiger partial charge in [0.05, 0.1) is 10.6 Å². The fourth-order valence-electron chi connectivity index (χ4n) is 1.47. The molecule has 6 heteroatoms. The summed E-state index contributed by atoms with van der Waals surface area (Å²) in [6, 6.07) is 7.31. The van der Waals surface area contributed by atoms with Crippen molar-refractivity contribution in [2.45, 2.75) is 0 Å². The van der Waals surface area contributed by atoms with E-state index in [1.54, 1.807) is 0 Å². The van der Waals surface area contributed by atoms with Gasteiger partial charge in [-0.15, -0.1) is 0 Å². The number of rotatable bonds is 2. The minimum atomic E-state index is -1.22. The van der Waals surface area contributed by atoms with Crippen LogP contribution in [0.15, 0.2) is 36.4 Å². The maximum Gasteiger partial charge on any atom is 0.258 e. The fourth-order valence-corrected chi connectivity index (χ4v) is 1.59. The largest absolute Gasteiger partial charge is 0.506 e. The van der Waals surface area contributed by atoms with Crippen molar-refractivity contribution in [1.29, 1.82) is 0 Å². The second-order valence-corrected chi connectivity index (χ2v) is 4.13. The summed E-state index contributed by atoms with van der Waals surface area (Å²) in [6.45, 7) is 0. The molecule has 0 heterocycles. The summed E-state index contributed by atoms with van der Waals surface area (Å²) in [5.74, 6) is -3.37. The number of aromatic hydroxyl groups is 1. The van der Waals surface area contributed by atoms with Gasteiger partial charge in [0.25, 0.3) is 5.91 Å². The molecule has 0 saturated carbocycles. The molecular formula is C13H8ClF2NO2. The van der Waals surface area contributed by atoms with Gasteiger partial charge in [-0.2, -0.15) is 0 Å². The second kappa shape index (κ2) is 5.24. The van der Waals surface area contributed by atoms with Crippen LogP contribution in [0.5, 0.6) is 5.75 Å². The Kier molecular flexibility index (Phi) is 3.66. The number of phenolic OH excluding ortho intramolecular Hbond substituents is 1. The van der Waals surface area contributed by atoms with E-state index in [1.165, 1.54) is 24.3 Å². The van der Waals surface area contributed by atoms with E-state index in [0.29, 0.717) is 0 Å². The Balaban J connectivity index is 2.26. The first-order valence-electron chi connectivity index (χ1n) is 5.23. The standard InChI is InChI=1S/C13H8ClF2NO2/c14-9-5-4-7(6-11(9)18)17-13(19)8-2-1-3-10(15)12(8)16/h1-6,18H,(H,17,19). The van der Waals surface area contributed by atoms with Gasteiger partial charge in [-0.25, -0.2) is 8.78 Å². The average Bonchev–Trinajstić information content (AvgIpc) is 2.37. The lowest BCUT2D eigenvalue weighted by molar-refractivity contribution is 0.102. The topological polar surface area (TPSA) is 49.3 Å². The van der Waals surface area contributed by atoms with Crippen molar-refractivity contribution < 1.29 is 18.7 Å². The normalized spacial score (nSPS) is 10.3. The summed E-state index contributed by atoms with van der Waals surface area (Å²) in [6.07, 6.45) is 0. The number of amides is 1. The zero-order valence-corrected chi connectivity index (χ0v) is 10.2. The Labute approximate surface area is 112 Å². The summed E-state index contributed by atoms with van der Waals surface area (Å²) < 4.78 is 26.4. The van der Waals surface area contributed by atoms with Crippen LogP contribution in [0.3, 0.4) is 0 Å². The lowest BCUT2D eigenvalue weighted by Crippen LogP contribution is -2.14. The number of nitrogens with one attached hydrogen (secondary N) is 1. The third-order valence-electron chi connectivity index (χ3n) is 2.40. The van der Waals surface area contributed by atoms with Crippen LogP contribution in [0, 0.1) is 11.6 Å². The van der Waals surface area contributed by atoms with Crippen LogP contribution in [0.4, 0.5) is 14.5 Å². The van der Waals surface area contributed by atoms with Gasteiger partial charge < -0.3 is 10.4 Å². The van der Waals surface area contributed by atoms with Crippen LogP contribution >= 0.6 is 11.6 Å². The molecule has 0 aliphatic rings. The molecular weight excluding hydrogens is 276 g/mol. The molecule has 0 aromatic heterocycles. The molecule has 0 saturated heterocycles. The van der Waals surface area contributed by atoms with Crippen molar-refractivity contribution in [3.8, 4) is 5.75 Å². The van der Waals surface area contributed by atoms with Crippen molar-refractivity contribution in [2.24, 2.45) is 0 Å². The van der Waals surface area contributed by atoms with E-state index in [-0.39, 0.29) is 16.5 Å². The van der Waals surface area contributed by atoms with Gasteiger partial charge in [-0.1, -0.05) is 17.7 Å². The van der Waals surface area contributed by atoms with E-state index in [1.807, 2.05) is 0 Å². The van der Waals surface area contributed by atoms with E-state index in [9.17, 15) is 18.7 Å². The highest BCUT2D eigenvalue weighted by Crippen LogP contribution is 2.26. The molecule has 1 amide bonds. The molecule has 98 valence electrons. The number of anilines is 1. The number of hydrogen-bond donors (Lipinski definition) is 2. The van der Waals surface area contributed by atoms with Crippen LogP contribution in [0.2, 0.25) is 5.02 Å². The van der Waals surface area contributed by atoms with Crippen LogP contribution in [-0.2, 0) is 0 Å². The molecule has 0 atom stereocenters. The Morgan fingerprint density at radius 2 is 1.95 bits per heavy atom. The second-order valence-electron chi connectivity index (χ2n) is 3.72. The Morgan fingerprint density at radius 3 is 2.63 bits per heavy atom. The monoisotopic (exact) mass is 283 g/mol. The number of benzene rings is 2. The van der Waals surface area contributed by atoms with Gasteiger partial charge >= 0.3 is 0 Å². The number of carbonyl (C=O) groups is 1. The van der Waals surface area contributed by atoms with Crippen molar-refractivity contribution in [3.05, 3.63) is 58.6 Å². The van der Waals surface area contributed by atoms with E-state index in [2.05, 4.69) is 5.32 Å². The predicted octanol–water partition coefficient (Wildman–Crippen LogP) is 3.58.